The van der Waals surface area contributed by atoms with Gasteiger partial charge < -0.3 is 9.52 Å². The topological polar surface area (TPSA) is 117 Å². The molecule has 0 radical (unpaired) electrons. The average molecular weight is 254 g/mol. The predicted octanol–water partition coefficient (Wildman–Crippen LogP) is -0.0518. The minimum absolute atomic E-state index is 0.0479. The van der Waals surface area contributed by atoms with Gasteiger partial charge in [-0.1, -0.05) is 5.10 Å². The lowest BCUT2D eigenvalue weighted by molar-refractivity contribution is -0.139. The Labute approximate surface area is 103 Å². The van der Waals surface area contributed by atoms with Crippen molar-refractivity contribution in [2.75, 3.05) is 11.9 Å². The van der Waals surface area contributed by atoms with Crippen LogP contribution in [0.25, 0.3) is 0 Å². The van der Waals surface area contributed by atoms with Crippen molar-refractivity contribution in [3.63, 3.8) is 0 Å². The van der Waals surface area contributed by atoms with E-state index in [1.165, 1.54) is 6.92 Å². The zero-order valence-corrected chi connectivity index (χ0v) is 9.84. The molecule has 0 aliphatic heterocycles. The van der Waals surface area contributed by atoms with Crippen molar-refractivity contribution in [3.05, 3.63) is 5.89 Å². The summed E-state index contributed by atoms with van der Waals surface area (Å²) < 4.78 is 5.23. The van der Waals surface area contributed by atoms with E-state index in [4.69, 9.17) is 9.52 Å². The molecule has 8 nitrogen and oxygen atoms in total. The quantitative estimate of drug-likeness (QED) is 0.651. The molecule has 1 fully saturated rings. The summed E-state index contributed by atoms with van der Waals surface area (Å²) in [5.74, 6) is -0.573. The van der Waals surface area contributed by atoms with E-state index in [9.17, 15) is 9.59 Å². The van der Waals surface area contributed by atoms with Crippen molar-refractivity contribution in [1.29, 1.82) is 0 Å². The van der Waals surface area contributed by atoms with E-state index in [0.29, 0.717) is 11.8 Å². The lowest BCUT2D eigenvalue weighted by Crippen LogP contribution is -2.39. The molecule has 1 atom stereocenters. The van der Waals surface area contributed by atoms with Crippen LogP contribution in [0.4, 0.5) is 6.01 Å². The molecule has 1 heterocycles. The number of aliphatic carboxylic acids is 1. The number of aromatic nitrogens is 2. The second-order valence-electron chi connectivity index (χ2n) is 4.21. The number of carbonyl (C=O) groups is 2. The van der Waals surface area contributed by atoms with Gasteiger partial charge in [0.25, 0.3) is 0 Å². The Balaban J connectivity index is 1.77. The van der Waals surface area contributed by atoms with Crippen LogP contribution in [-0.2, 0) is 9.59 Å². The molecular weight excluding hydrogens is 240 g/mol. The zero-order chi connectivity index (χ0) is 13.1. The number of hydrogen-bond acceptors (Lipinski definition) is 6. The smallest absolute Gasteiger partial charge is 0.322 e. The largest absolute Gasteiger partial charge is 0.480 e. The van der Waals surface area contributed by atoms with Crippen molar-refractivity contribution in [3.8, 4) is 0 Å². The van der Waals surface area contributed by atoms with Crippen LogP contribution in [0.2, 0.25) is 0 Å². The van der Waals surface area contributed by atoms with Gasteiger partial charge >= 0.3 is 12.0 Å². The molecule has 1 aromatic heterocycles. The van der Waals surface area contributed by atoms with Gasteiger partial charge in [0.05, 0.1) is 6.54 Å². The number of carboxylic acid groups (broad SMARTS) is 1. The van der Waals surface area contributed by atoms with Gasteiger partial charge in [-0.3, -0.25) is 20.2 Å². The van der Waals surface area contributed by atoms with Gasteiger partial charge in [0.2, 0.25) is 11.8 Å². The molecule has 0 spiro atoms. The predicted molar refractivity (Wildman–Crippen MR) is 60.0 cm³/mol. The van der Waals surface area contributed by atoms with E-state index in [0.717, 1.165) is 12.8 Å². The van der Waals surface area contributed by atoms with E-state index in [-0.39, 0.29) is 12.6 Å². The number of hydrogen-bond donors (Lipinski definition) is 3. The van der Waals surface area contributed by atoms with Crippen molar-refractivity contribution in [2.24, 2.45) is 0 Å². The molecule has 98 valence electrons. The zero-order valence-electron chi connectivity index (χ0n) is 9.84. The van der Waals surface area contributed by atoms with Crippen LogP contribution >= 0.6 is 0 Å². The number of amides is 1. The number of rotatable bonds is 6. The lowest BCUT2D eigenvalue weighted by atomic mass is 10.3. The average Bonchev–Trinajstić information content (AvgIpc) is 3.07. The maximum absolute atomic E-state index is 11.4. The van der Waals surface area contributed by atoms with Crippen molar-refractivity contribution >= 4 is 17.9 Å². The third-order valence-corrected chi connectivity index (χ3v) is 2.55. The Morgan fingerprint density at radius 2 is 2.22 bits per heavy atom. The summed E-state index contributed by atoms with van der Waals surface area (Å²) in [6.45, 7) is 1.32. The molecule has 2 rings (SSSR count). The highest BCUT2D eigenvalue weighted by Crippen LogP contribution is 2.39. The summed E-state index contributed by atoms with van der Waals surface area (Å²) in [7, 11) is 0. The van der Waals surface area contributed by atoms with Crippen LogP contribution in [0.3, 0.4) is 0 Å². The summed E-state index contributed by atoms with van der Waals surface area (Å²) in [4.78, 5) is 22.0. The Bertz CT molecular complexity index is 454. The molecule has 18 heavy (non-hydrogen) atoms. The minimum Gasteiger partial charge on any atom is -0.480 e. The number of nitrogens with one attached hydrogen (secondary N) is 2. The molecule has 3 N–H and O–H groups in total. The molecule has 8 heteroatoms. The third-order valence-electron chi connectivity index (χ3n) is 2.55. The molecule has 1 saturated carbocycles. The lowest BCUT2D eigenvalue weighted by Gasteiger charge is -2.07. The molecule has 0 aromatic carbocycles. The van der Waals surface area contributed by atoms with Gasteiger partial charge in [0.1, 0.15) is 6.04 Å². The Morgan fingerprint density at radius 3 is 2.83 bits per heavy atom. The fraction of sp³-hybridized carbons (Fsp3) is 0.600. The van der Waals surface area contributed by atoms with E-state index >= 15 is 0 Å². The van der Waals surface area contributed by atoms with Crippen LogP contribution in [0.5, 0.6) is 0 Å². The highest BCUT2D eigenvalue weighted by molar-refractivity contribution is 5.90. The summed E-state index contributed by atoms with van der Waals surface area (Å²) in [5.41, 5.74) is 0. The molecule has 0 unspecified atom stereocenters. The number of carbonyl (C=O) groups excluding carboxylic acids is 1. The SMILES string of the molecule is C[C@H](NCC(=O)Nc1nnc(C2CC2)o1)C(=O)O. The second-order valence-corrected chi connectivity index (χ2v) is 4.21. The van der Waals surface area contributed by atoms with E-state index in [2.05, 4.69) is 20.8 Å². The standard InChI is InChI=1S/C10H14N4O4/c1-5(9(16)17)11-4-7(15)12-10-14-13-8(18-10)6-2-3-6/h5-6,11H,2-4H2,1H3,(H,16,17)(H,12,14,15)/t5-/m0/s1. The van der Waals surface area contributed by atoms with Gasteiger partial charge in [-0.05, 0) is 19.8 Å². The van der Waals surface area contributed by atoms with Crippen molar-refractivity contribution < 1.29 is 19.1 Å². The third kappa shape index (κ3) is 3.27. The Morgan fingerprint density at radius 1 is 1.50 bits per heavy atom. The Kier molecular flexibility index (Phi) is 3.56. The second kappa shape index (κ2) is 5.13. The first-order valence-corrected chi connectivity index (χ1v) is 5.65. The van der Waals surface area contributed by atoms with Gasteiger partial charge in [0, 0.05) is 5.92 Å². The summed E-state index contributed by atoms with van der Waals surface area (Å²) in [6, 6.07) is -0.743. The first kappa shape index (κ1) is 12.5. The minimum atomic E-state index is -1.02. The van der Waals surface area contributed by atoms with Gasteiger partial charge in [-0.2, -0.15) is 0 Å². The summed E-state index contributed by atoms with van der Waals surface area (Å²) in [5, 5.41) is 21.1. The first-order chi connectivity index (χ1) is 8.56. The van der Waals surface area contributed by atoms with Crippen molar-refractivity contribution in [1.82, 2.24) is 15.5 Å². The van der Waals surface area contributed by atoms with Crippen LogP contribution < -0.4 is 10.6 Å². The Hall–Kier alpha value is -1.96. The summed E-state index contributed by atoms with van der Waals surface area (Å²) in [6.07, 6.45) is 2.07. The number of nitrogens with zero attached hydrogens (tertiary/aromatic N) is 2. The highest BCUT2D eigenvalue weighted by Gasteiger charge is 2.29. The molecular formula is C10H14N4O4. The monoisotopic (exact) mass is 254 g/mol. The maximum atomic E-state index is 11.4. The number of anilines is 1. The molecule has 0 saturated heterocycles. The maximum Gasteiger partial charge on any atom is 0.322 e. The van der Waals surface area contributed by atoms with E-state index in [1.807, 2.05) is 0 Å². The summed E-state index contributed by atoms with van der Waals surface area (Å²) >= 11 is 0. The molecule has 1 aromatic rings. The van der Waals surface area contributed by atoms with Crippen molar-refractivity contribution in [2.45, 2.75) is 31.7 Å². The van der Waals surface area contributed by atoms with Crippen LogP contribution in [-0.4, -0.2) is 39.8 Å². The fourth-order valence-electron chi connectivity index (χ4n) is 1.28. The molecule has 0 bridgehead atoms. The normalized spacial score (nSPS) is 16.3. The van der Waals surface area contributed by atoms with Crippen LogP contribution in [0, 0.1) is 0 Å². The van der Waals surface area contributed by atoms with E-state index < -0.39 is 17.9 Å². The van der Waals surface area contributed by atoms with E-state index in [1.54, 1.807) is 0 Å². The van der Waals surface area contributed by atoms with Gasteiger partial charge in [-0.25, -0.2) is 0 Å². The van der Waals surface area contributed by atoms with Gasteiger partial charge in [-0.15, -0.1) is 5.10 Å². The fourth-order valence-corrected chi connectivity index (χ4v) is 1.28. The highest BCUT2D eigenvalue weighted by atomic mass is 16.4. The molecule has 1 aliphatic carbocycles. The van der Waals surface area contributed by atoms with Crippen LogP contribution in [0.1, 0.15) is 31.6 Å². The van der Waals surface area contributed by atoms with Crippen LogP contribution in [0.15, 0.2) is 4.42 Å². The number of carboxylic acids is 1. The molecule has 1 amide bonds. The first-order valence-electron chi connectivity index (χ1n) is 5.65. The van der Waals surface area contributed by atoms with Gasteiger partial charge in [0.15, 0.2) is 0 Å². The molecule has 1 aliphatic rings.